The van der Waals surface area contributed by atoms with Crippen LogP contribution in [0, 0.1) is 5.92 Å². The molecule has 3 N–H and O–H groups in total. The number of aromatic nitrogens is 2. The molecule has 2 heterocycles. The van der Waals surface area contributed by atoms with E-state index in [1.165, 1.54) is 23.9 Å². The molecule has 0 spiro atoms. The number of ether oxygens (including phenoxy) is 1. The Morgan fingerprint density at radius 1 is 1.17 bits per heavy atom. The lowest BCUT2D eigenvalue weighted by Gasteiger charge is -2.17. The van der Waals surface area contributed by atoms with Gasteiger partial charge in [-0.1, -0.05) is 55.4 Å². The maximum atomic E-state index is 11.6. The van der Waals surface area contributed by atoms with E-state index in [2.05, 4.69) is 24.6 Å². The zero-order valence-electron chi connectivity index (χ0n) is 17.1. The second-order valence-corrected chi connectivity index (χ2v) is 4.29. The SMILES string of the molecule is CC.CC.CC.CCC1CC(C)C(n2ccc(=O)[nH]c2=O)O1.CN. The molecule has 0 bridgehead atoms. The Labute approximate surface area is 147 Å². The minimum Gasteiger partial charge on any atom is -0.354 e. The number of hydrogen-bond acceptors (Lipinski definition) is 4. The van der Waals surface area contributed by atoms with Crippen molar-refractivity contribution in [3.05, 3.63) is 33.1 Å². The average molecular weight is 346 g/mol. The summed E-state index contributed by atoms with van der Waals surface area (Å²) in [7, 11) is 1.50. The molecule has 6 nitrogen and oxygen atoms in total. The van der Waals surface area contributed by atoms with Gasteiger partial charge in [0.15, 0.2) is 0 Å². The molecule has 6 heteroatoms. The standard InChI is InChI=1S/C11H16N2O3.3C2H6.CH5N/c1-3-8-6-7(2)10(16-8)13-5-4-9(14)12-11(13)15;4*1-2/h4-5,7-8,10H,3,6H2,1-2H3,(H,12,14,15);3*1-2H3;2H2,1H3. The van der Waals surface area contributed by atoms with Crippen molar-refractivity contribution in [2.24, 2.45) is 11.7 Å². The van der Waals surface area contributed by atoms with Gasteiger partial charge >= 0.3 is 5.69 Å². The van der Waals surface area contributed by atoms with Gasteiger partial charge in [0, 0.05) is 18.2 Å². The van der Waals surface area contributed by atoms with Gasteiger partial charge < -0.3 is 10.5 Å². The van der Waals surface area contributed by atoms with E-state index in [0.717, 1.165) is 12.8 Å². The van der Waals surface area contributed by atoms with Gasteiger partial charge in [-0.3, -0.25) is 14.3 Å². The van der Waals surface area contributed by atoms with E-state index in [1.54, 1.807) is 0 Å². The van der Waals surface area contributed by atoms with Crippen LogP contribution in [0.2, 0.25) is 0 Å². The molecule has 144 valence electrons. The van der Waals surface area contributed by atoms with E-state index in [0.29, 0.717) is 0 Å². The van der Waals surface area contributed by atoms with Crippen LogP contribution in [0.25, 0.3) is 0 Å². The van der Waals surface area contributed by atoms with Crippen LogP contribution in [0.5, 0.6) is 0 Å². The summed E-state index contributed by atoms with van der Waals surface area (Å²) < 4.78 is 7.23. The Kier molecular flexibility index (Phi) is 20.5. The quantitative estimate of drug-likeness (QED) is 0.858. The van der Waals surface area contributed by atoms with Gasteiger partial charge in [-0.25, -0.2) is 4.79 Å². The molecule has 1 aliphatic heterocycles. The third-order valence-electron chi connectivity index (χ3n) is 3.03. The fraction of sp³-hybridized carbons (Fsp3) is 0.778. The van der Waals surface area contributed by atoms with Crippen molar-refractivity contribution in [3.8, 4) is 0 Å². The molecule has 1 aliphatic rings. The molecule has 1 aromatic rings. The lowest BCUT2D eigenvalue weighted by Crippen LogP contribution is -2.33. The summed E-state index contributed by atoms with van der Waals surface area (Å²) in [5.74, 6) is 0.286. The fourth-order valence-electron chi connectivity index (χ4n) is 2.15. The molecule has 1 fully saturated rings. The van der Waals surface area contributed by atoms with Crippen LogP contribution < -0.4 is 17.0 Å². The first kappa shape index (κ1) is 27.4. The zero-order chi connectivity index (χ0) is 19.7. The van der Waals surface area contributed by atoms with Gasteiger partial charge in [-0.05, 0) is 19.9 Å². The summed E-state index contributed by atoms with van der Waals surface area (Å²) in [6, 6.07) is 1.34. The van der Waals surface area contributed by atoms with Crippen LogP contribution in [-0.2, 0) is 4.74 Å². The first-order chi connectivity index (χ1) is 11.6. The summed E-state index contributed by atoms with van der Waals surface area (Å²) in [6.45, 7) is 16.1. The second kappa shape index (κ2) is 17.9. The molecule has 0 amide bonds. The van der Waals surface area contributed by atoms with E-state index in [9.17, 15) is 9.59 Å². The van der Waals surface area contributed by atoms with Gasteiger partial charge in [-0.15, -0.1) is 0 Å². The summed E-state index contributed by atoms with van der Waals surface area (Å²) in [5, 5.41) is 0. The zero-order valence-corrected chi connectivity index (χ0v) is 17.1. The maximum absolute atomic E-state index is 11.6. The van der Waals surface area contributed by atoms with E-state index in [-0.39, 0.29) is 23.8 Å². The molecular weight excluding hydrogens is 306 g/mol. The van der Waals surface area contributed by atoms with Crippen LogP contribution >= 0.6 is 0 Å². The van der Waals surface area contributed by atoms with Crippen molar-refractivity contribution in [2.45, 2.75) is 80.6 Å². The lowest BCUT2D eigenvalue weighted by molar-refractivity contribution is -0.0142. The summed E-state index contributed by atoms with van der Waals surface area (Å²) in [4.78, 5) is 24.8. The lowest BCUT2D eigenvalue weighted by atomic mass is 10.0. The largest absolute Gasteiger partial charge is 0.354 e. The smallest absolute Gasteiger partial charge is 0.330 e. The van der Waals surface area contributed by atoms with Crippen LogP contribution in [-0.4, -0.2) is 22.7 Å². The van der Waals surface area contributed by atoms with Gasteiger partial charge in [0.25, 0.3) is 5.56 Å². The molecule has 0 radical (unpaired) electrons. The van der Waals surface area contributed by atoms with Gasteiger partial charge in [0.2, 0.25) is 0 Å². The predicted molar refractivity (Wildman–Crippen MR) is 103 cm³/mol. The number of aromatic amines is 1. The van der Waals surface area contributed by atoms with Crippen molar-refractivity contribution in [2.75, 3.05) is 7.05 Å². The summed E-state index contributed by atoms with van der Waals surface area (Å²) in [5.41, 5.74) is 3.72. The third kappa shape index (κ3) is 9.03. The van der Waals surface area contributed by atoms with Crippen LogP contribution in [0.3, 0.4) is 0 Å². The molecule has 1 aromatic heterocycles. The molecular formula is C18H39N3O3. The van der Waals surface area contributed by atoms with Crippen molar-refractivity contribution < 1.29 is 4.74 Å². The molecule has 3 unspecified atom stereocenters. The molecule has 24 heavy (non-hydrogen) atoms. The molecule has 0 aromatic carbocycles. The topological polar surface area (TPSA) is 90.1 Å². The Morgan fingerprint density at radius 3 is 2.04 bits per heavy atom. The van der Waals surface area contributed by atoms with Gasteiger partial charge in [-0.2, -0.15) is 0 Å². The molecule has 3 atom stereocenters. The highest BCUT2D eigenvalue weighted by Crippen LogP contribution is 2.33. The molecule has 0 saturated carbocycles. The van der Waals surface area contributed by atoms with Crippen molar-refractivity contribution >= 4 is 0 Å². The molecule has 0 aliphatic carbocycles. The third-order valence-corrected chi connectivity index (χ3v) is 3.03. The normalized spacial score (nSPS) is 20.7. The Morgan fingerprint density at radius 2 is 1.67 bits per heavy atom. The average Bonchev–Trinajstić information content (AvgIpc) is 3.03. The van der Waals surface area contributed by atoms with Crippen LogP contribution in [0.1, 0.15) is 74.5 Å². The maximum Gasteiger partial charge on any atom is 0.330 e. The highest BCUT2D eigenvalue weighted by Gasteiger charge is 2.32. The van der Waals surface area contributed by atoms with E-state index in [1.807, 2.05) is 41.5 Å². The van der Waals surface area contributed by atoms with Gasteiger partial charge in [0.1, 0.15) is 6.23 Å². The molecule has 2 rings (SSSR count). The number of nitrogens with zero attached hydrogens (tertiary/aromatic N) is 1. The van der Waals surface area contributed by atoms with Crippen molar-refractivity contribution in [3.63, 3.8) is 0 Å². The monoisotopic (exact) mass is 345 g/mol. The predicted octanol–water partition coefficient (Wildman–Crippen LogP) is 3.52. The highest BCUT2D eigenvalue weighted by molar-refractivity contribution is 4.87. The number of hydrogen-bond donors (Lipinski definition) is 2. The molecule has 1 saturated heterocycles. The summed E-state index contributed by atoms with van der Waals surface area (Å²) in [6.07, 6.45) is 3.35. The number of nitrogens with one attached hydrogen (secondary N) is 1. The van der Waals surface area contributed by atoms with Crippen molar-refractivity contribution in [1.82, 2.24) is 9.55 Å². The number of H-pyrrole nitrogens is 1. The van der Waals surface area contributed by atoms with Crippen LogP contribution in [0.4, 0.5) is 0 Å². The first-order valence-electron chi connectivity index (χ1n) is 9.16. The van der Waals surface area contributed by atoms with E-state index in [4.69, 9.17) is 4.74 Å². The van der Waals surface area contributed by atoms with E-state index >= 15 is 0 Å². The minimum absolute atomic E-state index is 0.207. The number of nitrogens with two attached hydrogens (primary N) is 1. The first-order valence-corrected chi connectivity index (χ1v) is 9.16. The minimum atomic E-state index is -0.402. The Balaban J connectivity index is -0.000000484. The Bertz CT molecular complexity index is 483. The van der Waals surface area contributed by atoms with Crippen molar-refractivity contribution in [1.29, 1.82) is 0 Å². The fourth-order valence-corrected chi connectivity index (χ4v) is 2.15. The summed E-state index contributed by atoms with van der Waals surface area (Å²) >= 11 is 0. The highest BCUT2D eigenvalue weighted by atomic mass is 16.5. The van der Waals surface area contributed by atoms with E-state index < -0.39 is 5.69 Å². The Hall–Kier alpha value is -1.40. The van der Waals surface area contributed by atoms with Crippen LogP contribution in [0.15, 0.2) is 21.9 Å². The van der Waals surface area contributed by atoms with Gasteiger partial charge in [0.05, 0.1) is 6.10 Å². The number of rotatable bonds is 2. The second-order valence-electron chi connectivity index (χ2n) is 4.29.